The van der Waals surface area contributed by atoms with Crippen molar-refractivity contribution in [3.63, 3.8) is 0 Å². The van der Waals surface area contributed by atoms with Crippen molar-refractivity contribution in [1.82, 2.24) is 4.57 Å². The van der Waals surface area contributed by atoms with Gasteiger partial charge in [-0.2, -0.15) is 0 Å². The van der Waals surface area contributed by atoms with Crippen LogP contribution in [0, 0.1) is 0 Å². The summed E-state index contributed by atoms with van der Waals surface area (Å²) in [6.45, 7) is 9.72. The van der Waals surface area contributed by atoms with E-state index in [1.165, 1.54) is 82.4 Å². The second-order valence-corrected chi connectivity index (χ2v) is 13.8. The molecule has 45 heavy (non-hydrogen) atoms. The Kier molecular flexibility index (Phi) is 5.37. The number of nitrogens with zero attached hydrogens (tertiary/aromatic N) is 1. The van der Waals surface area contributed by atoms with E-state index < -0.39 is 0 Å². The van der Waals surface area contributed by atoms with E-state index in [4.69, 9.17) is 0 Å². The Morgan fingerprint density at radius 1 is 0.422 bits per heavy atom. The predicted octanol–water partition coefficient (Wildman–Crippen LogP) is 12.0. The van der Waals surface area contributed by atoms with Crippen molar-refractivity contribution < 1.29 is 0 Å². The second kappa shape index (κ2) is 9.19. The van der Waals surface area contributed by atoms with Crippen LogP contribution in [0.5, 0.6) is 0 Å². The summed E-state index contributed by atoms with van der Waals surface area (Å²) in [6.07, 6.45) is 0. The summed E-state index contributed by atoms with van der Waals surface area (Å²) >= 11 is 0. The van der Waals surface area contributed by atoms with Gasteiger partial charge in [0.2, 0.25) is 0 Å². The highest BCUT2D eigenvalue weighted by molar-refractivity contribution is 6.14. The molecule has 0 saturated carbocycles. The molecule has 0 spiro atoms. The average Bonchev–Trinajstić information content (AvgIpc) is 3.41. The number of para-hydroxylation sites is 1. The Morgan fingerprint density at radius 3 is 1.96 bits per heavy atom. The molecule has 0 unspecified atom stereocenters. The van der Waals surface area contributed by atoms with E-state index in [1.54, 1.807) is 0 Å². The monoisotopic (exact) mass is 577 g/mol. The van der Waals surface area contributed by atoms with Gasteiger partial charge in [-0.05, 0) is 96.1 Å². The van der Waals surface area contributed by atoms with Gasteiger partial charge in [-0.3, -0.25) is 0 Å². The van der Waals surface area contributed by atoms with Crippen molar-refractivity contribution >= 4 is 43.4 Å². The maximum Gasteiger partial charge on any atom is 0.0541 e. The molecular weight excluding hydrogens is 542 g/mol. The highest BCUT2D eigenvalue weighted by atomic mass is 15.0. The highest BCUT2D eigenvalue weighted by Gasteiger charge is 2.46. The zero-order valence-corrected chi connectivity index (χ0v) is 26.2. The lowest BCUT2D eigenvalue weighted by Crippen LogP contribution is -2.43. The summed E-state index contributed by atoms with van der Waals surface area (Å²) in [5.74, 6) is 0. The largest absolute Gasteiger partial charge is 0.309 e. The van der Waals surface area contributed by atoms with Crippen LogP contribution in [0.2, 0.25) is 0 Å². The SMILES string of the molecule is CC1(C)c2cc(-n3c4ccccc4c4cc(-c5ccccc5)ccc43)ccc2-c2c(ccc3c2ccc2ccccc23)C1(C)C. The van der Waals surface area contributed by atoms with E-state index in [0.717, 1.165) is 0 Å². The topological polar surface area (TPSA) is 4.93 Å². The van der Waals surface area contributed by atoms with Gasteiger partial charge in [0.25, 0.3) is 0 Å². The third-order valence-corrected chi connectivity index (χ3v) is 11.1. The number of hydrogen-bond donors (Lipinski definition) is 0. The Labute approximate surface area is 264 Å². The van der Waals surface area contributed by atoms with Crippen molar-refractivity contribution in [2.24, 2.45) is 0 Å². The fourth-order valence-electron chi connectivity index (χ4n) is 8.04. The molecule has 1 nitrogen and oxygen atoms in total. The zero-order chi connectivity index (χ0) is 30.5. The molecule has 0 saturated heterocycles. The molecule has 7 aromatic carbocycles. The lowest BCUT2D eigenvalue weighted by Gasteiger charge is -2.48. The summed E-state index contributed by atoms with van der Waals surface area (Å²) in [7, 11) is 0. The van der Waals surface area contributed by atoms with E-state index in [9.17, 15) is 0 Å². The minimum Gasteiger partial charge on any atom is -0.309 e. The molecule has 0 atom stereocenters. The second-order valence-electron chi connectivity index (χ2n) is 13.8. The first-order chi connectivity index (χ1) is 21.8. The Hall–Kier alpha value is -5.14. The van der Waals surface area contributed by atoms with Gasteiger partial charge in [-0.1, -0.05) is 137 Å². The maximum atomic E-state index is 2.48. The number of aromatic nitrogens is 1. The Bertz CT molecular complexity index is 2470. The van der Waals surface area contributed by atoms with Crippen molar-refractivity contribution in [2.45, 2.75) is 38.5 Å². The molecule has 9 rings (SSSR count). The van der Waals surface area contributed by atoms with Gasteiger partial charge < -0.3 is 4.57 Å². The average molecular weight is 578 g/mol. The standard InChI is InChI=1S/C44H35N/c1-43(2)38-24-23-33-32-15-9-8-14-29(32)18-21-35(33)42(38)36-22-20-31(27-39(36)44(43,3)4)45-40-17-11-10-16-34(40)37-26-30(19-25-41(37)45)28-12-6-5-7-13-28/h5-27H,1-4H3. The maximum absolute atomic E-state index is 2.48. The van der Waals surface area contributed by atoms with Crippen LogP contribution in [0.15, 0.2) is 140 Å². The third-order valence-electron chi connectivity index (χ3n) is 11.1. The summed E-state index contributed by atoms with van der Waals surface area (Å²) in [6, 6.07) is 51.9. The summed E-state index contributed by atoms with van der Waals surface area (Å²) < 4.78 is 2.47. The molecule has 1 aromatic heterocycles. The quantitative estimate of drug-likeness (QED) is 0.180. The fraction of sp³-hybridized carbons (Fsp3) is 0.136. The molecular formula is C44H35N. The van der Waals surface area contributed by atoms with Gasteiger partial charge >= 0.3 is 0 Å². The van der Waals surface area contributed by atoms with Gasteiger partial charge in [0, 0.05) is 16.5 Å². The van der Waals surface area contributed by atoms with Crippen LogP contribution in [0.1, 0.15) is 38.8 Å². The molecule has 0 radical (unpaired) electrons. The number of rotatable bonds is 2. The molecule has 1 heteroatoms. The Morgan fingerprint density at radius 2 is 1.11 bits per heavy atom. The fourth-order valence-corrected chi connectivity index (χ4v) is 8.04. The first kappa shape index (κ1) is 26.3. The molecule has 0 N–H and O–H groups in total. The minimum atomic E-state index is -0.0882. The van der Waals surface area contributed by atoms with Crippen LogP contribution in [-0.2, 0) is 10.8 Å². The van der Waals surface area contributed by atoms with Crippen LogP contribution >= 0.6 is 0 Å². The lowest BCUT2D eigenvalue weighted by atomic mass is 9.55. The van der Waals surface area contributed by atoms with Crippen molar-refractivity contribution in [3.8, 4) is 27.9 Å². The molecule has 0 fully saturated rings. The first-order valence-corrected chi connectivity index (χ1v) is 16.0. The van der Waals surface area contributed by atoms with E-state index in [2.05, 4.69) is 172 Å². The zero-order valence-electron chi connectivity index (χ0n) is 26.2. The molecule has 1 heterocycles. The summed E-state index contributed by atoms with van der Waals surface area (Å²) in [5.41, 5.74) is 11.6. The van der Waals surface area contributed by atoms with Gasteiger partial charge in [0.15, 0.2) is 0 Å². The normalized spacial score (nSPS) is 15.0. The summed E-state index contributed by atoms with van der Waals surface area (Å²) in [4.78, 5) is 0. The number of hydrogen-bond acceptors (Lipinski definition) is 0. The first-order valence-electron chi connectivity index (χ1n) is 16.0. The van der Waals surface area contributed by atoms with Gasteiger partial charge in [0.1, 0.15) is 0 Å². The van der Waals surface area contributed by atoms with Crippen LogP contribution in [0.25, 0.3) is 71.3 Å². The van der Waals surface area contributed by atoms with Crippen LogP contribution in [-0.4, -0.2) is 4.57 Å². The van der Waals surface area contributed by atoms with E-state index in [0.29, 0.717) is 0 Å². The molecule has 8 aromatic rings. The van der Waals surface area contributed by atoms with Crippen molar-refractivity contribution in [2.75, 3.05) is 0 Å². The Balaban J connectivity index is 1.32. The molecule has 1 aliphatic carbocycles. The van der Waals surface area contributed by atoms with Crippen LogP contribution < -0.4 is 0 Å². The molecule has 1 aliphatic rings. The van der Waals surface area contributed by atoms with Crippen molar-refractivity contribution in [3.05, 3.63) is 151 Å². The van der Waals surface area contributed by atoms with E-state index in [-0.39, 0.29) is 10.8 Å². The van der Waals surface area contributed by atoms with Gasteiger partial charge in [0.05, 0.1) is 11.0 Å². The lowest BCUT2D eigenvalue weighted by molar-refractivity contribution is 0.299. The molecule has 0 bridgehead atoms. The number of benzene rings is 7. The molecule has 0 aliphatic heterocycles. The van der Waals surface area contributed by atoms with Gasteiger partial charge in [-0.15, -0.1) is 0 Å². The van der Waals surface area contributed by atoms with Crippen molar-refractivity contribution in [1.29, 1.82) is 0 Å². The summed E-state index contributed by atoms with van der Waals surface area (Å²) in [5, 5.41) is 7.85. The van der Waals surface area contributed by atoms with Crippen LogP contribution in [0.4, 0.5) is 0 Å². The van der Waals surface area contributed by atoms with Crippen LogP contribution in [0.3, 0.4) is 0 Å². The third kappa shape index (κ3) is 3.56. The van der Waals surface area contributed by atoms with E-state index >= 15 is 0 Å². The molecule has 0 amide bonds. The number of fused-ring (bicyclic) bond motifs is 10. The molecule has 216 valence electrons. The minimum absolute atomic E-state index is 0.0702. The predicted molar refractivity (Wildman–Crippen MR) is 193 cm³/mol. The van der Waals surface area contributed by atoms with Gasteiger partial charge in [-0.25, -0.2) is 0 Å². The van der Waals surface area contributed by atoms with E-state index in [1.807, 2.05) is 0 Å². The smallest absolute Gasteiger partial charge is 0.0541 e. The highest BCUT2D eigenvalue weighted by Crippen LogP contribution is 2.56.